The number of imidazole rings is 1. The van der Waals surface area contributed by atoms with Gasteiger partial charge in [0.05, 0.1) is 22.6 Å². The van der Waals surface area contributed by atoms with Crippen LogP contribution in [-0.2, 0) is 13.0 Å². The Morgan fingerprint density at radius 3 is 2.89 bits per heavy atom. The number of aromatic nitrogens is 2. The molecule has 0 spiro atoms. The van der Waals surface area contributed by atoms with Crippen molar-refractivity contribution in [2.45, 2.75) is 13.0 Å². The van der Waals surface area contributed by atoms with E-state index in [9.17, 15) is 0 Å². The Hall–Kier alpha value is -1.03. The Kier molecular flexibility index (Phi) is 3.78. The predicted octanol–water partition coefficient (Wildman–Crippen LogP) is 4.58. The van der Waals surface area contributed by atoms with Gasteiger partial charge in [0.2, 0.25) is 0 Å². The van der Waals surface area contributed by atoms with Crippen LogP contribution in [0.25, 0.3) is 11.0 Å². The Balaban J connectivity index is 2.15. The number of halogens is 2. The van der Waals surface area contributed by atoms with Crippen molar-refractivity contribution in [2.75, 3.05) is 5.88 Å². The minimum absolute atomic E-state index is 0.560. The molecule has 0 radical (unpaired) electrons. The van der Waals surface area contributed by atoms with Crippen molar-refractivity contribution >= 4 is 45.6 Å². The molecule has 2 heterocycles. The largest absolute Gasteiger partial charge is 0.322 e. The first-order valence-electron chi connectivity index (χ1n) is 6.00. The first-order valence-corrected chi connectivity index (χ1v) is 7.86. The van der Waals surface area contributed by atoms with Crippen molar-refractivity contribution in [3.63, 3.8) is 0 Å². The number of nitrogens with zero attached hydrogens (tertiary/aromatic N) is 2. The Morgan fingerprint density at radius 2 is 2.16 bits per heavy atom. The van der Waals surface area contributed by atoms with Gasteiger partial charge in [-0.05, 0) is 34.5 Å². The fraction of sp³-hybridized carbons (Fsp3) is 0.214. The molecule has 0 aliphatic rings. The molecule has 98 valence electrons. The summed E-state index contributed by atoms with van der Waals surface area (Å²) in [6.07, 6.45) is 0.747. The molecule has 3 rings (SSSR count). The molecule has 0 unspecified atom stereocenters. The average molecular weight is 311 g/mol. The highest BCUT2D eigenvalue weighted by Crippen LogP contribution is 2.26. The van der Waals surface area contributed by atoms with Crippen LogP contribution in [0.4, 0.5) is 0 Å². The lowest BCUT2D eigenvalue weighted by atomic mass is 10.3. The van der Waals surface area contributed by atoms with Crippen molar-refractivity contribution in [3.05, 3.63) is 51.4 Å². The Morgan fingerprint density at radius 1 is 1.26 bits per heavy atom. The first kappa shape index (κ1) is 13.0. The minimum atomic E-state index is 0.560. The lowest BCUT2D eigenvalue weighted by Gasteiger charge is -2.08. The number of hydrogen-bond acceptors (Lipinski definition) is 2. The number of fused-ring (bicyclic) bond motifs is 1. The van der Waals surface area contributed by atoms with Crippen LogP contribution in [0.15, 0.2) is 35.0 Å². The quantitative estimate of drug-likeness (QED) is 0.645. The molecule has 5 heteroatoms. The molecule has 0 bridgehead atoms. The van der Waals surface area contributed by atoms with Crippen LogP contribution in [0.2, 0.25) is 5.02 Å². The lowest BCUT2D eigenvalue weighted by molar-refractivity contribution is 0.756. The van der Waals surface area contributed by atoms with Gasteiger partial charge >= 0.3 is 0 Å². The standard InChI is InChI=1S/C14H12Cl2N2S/c15-6-4-13-17-12-3-1-2-11(16)14(12)18(13)8-10-5-7-19-9-10/h1-3,5,7,9H,4,6,8H2. The molecule has 2 aromatic heterocycles. The zero-order valence-electron chi connectivity index (χ0n) is 10.1. The van der Waals surface area contributed by atoms with Crippen molar-refractivity contribution in [2.24, 2.45) is 0 Å². The summed E-state index contributed by atoms with van der Waals surface area (Å²) in [6.45, 7) is 0.788. The second-order valence-electron chi connectivity index (χ2n) is 4.29. The third kappa shape index (κ3) is 2.50. The molecule has 0 N–H and O–H groups in total. The first-order chi connectivity index (χ1) is 9.29. The van der Waals surface area contributed by atoms with E-state index in [-0.39, 0.29) is 0 Å². The van der Waals surface area contributed by atoms with Gasteiger partial charge in [-0.15, -0.1) is 11.6 Å². The van der Waals surface area contributed by atoms with Crippen molar-refractivity contribution in [1.82, 2.24) is 9.55 Å². The zero-order valence-corrected chi connectivity index (χ0v) is 12.5. The van der Waals surface area contributed by atoms with Gasteiger partial charge in [0.1, 0.15) is 5.82 Å². The average Bonchev–Trinajstić information content (AvgIpc) is 3.00. The van der Waals surface area contributed by atoms with Gasteiger partial charge in [-0.3, -0.25) is 0 Å². The third-order valence-corrected chi connectivity index (χ3v) is 4.26. The minimum Gasteiger partial charge on any atom is -0.322 e. The summed E-state index contributed by atoms with van der Waals surface area (Å²) in [5, 5.41) is 4.96. The number of alkyl halides is 1. The summed E-state index contributed by atoms with van der Waals surface area (Å²) in [4.78, 5) is 4.64. The Labute approximate surface area is 125 Å². The van der Waals surface area contributed by atoms with Gasteiger partial charge in [0.25, 0.3) is 0 Å². The van der Waals surface area contributed by atoms with Gasteiger partial charge < -0.3 is 4.57 Å². The maximum atomic E-state index is 6.32. The summed E-state index contributed by atoms with van der Waals surface area (Å²) in [7, 11) is 0. The van der Waals surface area contributed by atoms with E-state index in [1.807, 2.05) is 18.2 Å². The highest BCUT2D eigenvalue weighted by molar-refractivity contribution is 7.07. The lowest BCUT2D eigenvalue weighted by Crippen LogP contribution is -2.05. The predicted molar refractivity (Wildman–Crippen MR) is 82.6 cm³/mol. The number of thiophene rings is 1. The monoisotopic (exact) mass is 310 g/mol. The number of para-hydroxylation sites is 1. The van der Waals surface area contributed by atoms with E-state index in [1.165, 1.54) is 5.56 Å². The second-order valence-corrected chi connectivity index (χ2v) is 5.86. The third-order valence-electron chi connectivity index (χ3n) is 3.04. The van der Waals surface area contributed by atoms with E-state index in [0.29, 0.717) is 5.88 Å². The summed E-state index contributed by atoms with van der Waals surface area (Å²) >= 11 is 13.9. The van der Waals surface area contributed by atoms with Gasteiger partial charge in [-0.2, -0.15) is 11.3 Å². The van der Waals surface area contributed by atoms with Gasteiger partial charge in [-0.1, -0.05) is 17.7 Å². The van der Waals surface area contributed by atoms with Gasteiger partial charge in [-0.25, -0.2) is 4.98 Å². The molecule has 0 atom stereocenters. The molecule has 0 aliphatic heterocycles. The molecule has 0 fully saturated rings. The maximum absolute atomic E-state index is 6.32. The molecule has 3 aromatic rings. The molecule has 1 aromatic carbocycles. The van der Waals surface area contributed by atoms with Crippen molar-refractivity contribution in [3.8, 4) is 0 Å². The number of benzene rings is 1. The summed E-state index contributed by atoms with van der Waals surface area (Å²) in [5.41, 5.74) is 3.19. The number of hydrogen-bond donors (Lipinski definition) is 0. The van der Waals surface area contributed by atoms with E-state index in [2.05, 4.69) is 26.4 Å². The SMILES string of the molecule is ClCCc1nc2cccc(Cl)c2n1Cc1ccsc1. The highest BCUT2D eigenvalue weighted by atomic mass is 35.5. The van der Waals surface area contributed by atoms with Crippen LogP contribution in [0.5, 0.6) is 0 Å². The molecular formula is C14H12Cl2N2S. The summed E-state index contributed by atoms with van der Waals surface area (Å²) in [5.74, 6) is 1.55. The van der Waals surface area contributed by atoms with Crippen molar-refractivity contribution in [1.29, 1.82) is 0 Å². The van der Waals surface area contributed by atoms with E-state index < -0.39 is 0 Å². The van der Waals surface area contributed by atoms with Crippen LogP contribution in [0, 0.1) is 0 Å². The molecule has 0 saturated heterocycles. The topological polar surface area (TPSA) is 17.8 Å². The summed E-state index contributed by atoms with van der Waals surface area (Å²) < 4.78 is 2.17. The smallest absolute Gasteiger partial charge is 0.111 e. The zero-order chi connectivity index (χ0) is 13.2. The molecule has 0 saturated carbocycles. The summed E-state index contributed by atoms with van der Waals surface area (Å²) in [6, 6.07) is 7.94. The van der Waals surface area contributed by atoms with Crippen LogP contribution >= 0.6 is 34.5 Å². The second kappa shape index (κ2) is 5.53. The highest BCUT2D eigenvalue weighted by Gasteiger charge is 2.13. The molecular weight excluding hydrogens is 299 g/mol. The van der Waals surface area contributed by atoms with Gasteiger partial charge in [0.15, 0.2) is 0 Å². The molecule has 0 amide bonds. The van der Waals surface area contributed by atoms with Crippen LogP contribution < -0.4 is 0 Å². The normalized spacial score (nSPS) is 11.3. The van der Waals surface area contributed by atoms with E-state index in [1.54, 1.807) is 11.3 Å². The van der Waals surface area contributed by atoms with Gasteiger partial charge in [0, 0.05) is 12.3 Å². The number of rotatable bonds is 4. The molecule has 19 heavy (non-hydrogen) atoms. The van der Waals surface area contributed by atoms with E-state index in [0.717, 1.165) is 34.8 Å². The van der Waals surface area contributed by atoms with E-state index in [4.69, 9.17) is 23.2 Å². The van der Waals surface area contributed by atoms with Crippen molar-refractivity contribution < 1.29 is 0 Å². The number of aryl methyl sites for hydroxylation is 1. The van der Waals surface area contributed by atoms with Crippen LogP contribution in [-0.4, -0.2) is 15.4 Å². The van der Waals surface area contributed by atoms with E-state index >= 15 is 0 Å². The fourth-order valence-electron chi connectivity index (χ4n) is 2.20. The van der Waals surface area contributed by atoms with Crippen LogP contribution in [0.3, 0.4) is 0 Å². The maximum Gasteiger partial charge on any atom is 0.111 e. The fourth-order valence-corrected chi connectivity index (χ4v) is 3.30. The molecule has 0 aliphatic carbocycles. The molecule has 2 nitrogen and oxygen atoms in total. The van der Waals surface area contributed by atoms with Crippen LogP contribution in [0.1, 0.15) is 11.4 Å². The Bertz CT molecular complexity index is 689.